The largest absolute Gasteiger partial charge is 0.492 e. The molecule has 4 rings (SSSR count). The summed E-state index contributed by atoms with van der Waals surface area (Å²) < 4.78 is 9.25. The first-order chi connectivity index (χ1) is 11.8. The van der Waals surface area contributed by atoms with Crippen LogP contribution in [0.2, 0.25) is 0 Å². The molecular formula is C17H16N6O. The van der Waals surface area contributed by atoms with Gasteiger partial charge in [-0.3, -0.25) is 0 Å². The average Bonchev–Trinajstić information content (AvgIpc) is 3.25. The molecule has 0 saturated heterocycles. The average molecular weight is 320 g/mol. The number of benzene rings is 1. The van der Waals surface area contributed by atoms with Gasteiger partial charge in [-0.15, -0.1) is 5.10 Å². The summed E-state index contributed by atoms with van der Waals surface area (Å²) in [4.78, 5) is 8.50. The molecule has 0 bridgehead atoms. The van der Waals surface area contributed by atoms with Gasteiger partial charge in [-0.1, -0.05) is 6.07 Å². The van der Waals surface area contributed by atoms with Crippen LogP contribution in [0.4, 0.5) is 0 Å². The third-order valence-corrected chi connectivity index (χ3v) is 3.73. The van der Waals surface area contributed by atoms with Crippen LogP contribution in [0.5, 0.6) is 5.75 Å². The van der Waals surface area contributed by atoms with Crippen molar-refractivity contribution in [3.8, 4) is 17.1 Å². The molecule has 0 atom stereocenters. The van der Waals surface area contributed by atoms with Crippen LogP contribution in [0, 0.1) is 6.92 Å². The molecule has 3 aromatic heterocycles. The van der Waals surface area contributed by atoms with E-state index in [4.69, 9.17) is 4.74 Å². The van der Waals surface area contributed by atoms with E-state index in [9.17, 15) is 0 Å². The molecule has 0 amide bonds. The van der Waals surface area contributed by atoms with Gasteiger partial charge >= 0.3 is 0 Å². The summed E-state index contributed by atoms with van der Waals surface area (Å²) in [6.45, 7) is 3.23. The zero-order valence-electron chi connectivity index (χ0n) is 13.2. The molecule has 7 heteroatoms. The van der Waals surface area contributed by atoms with E-state index in [1.807, 2.05) is 49.5 Å². The van der Waals surface area contributed by atoms with Crippen LogP contribution in [0.3, 0.4) is 0 Å². The third-order valence-electron chi connectivity index (χ3n) is 3.73. The minimum absolute atomic E-state index is 0.536. The second-order valence-corrected chi connectivity index (χ2v) is 5.43. The number of pyridine rings is 1. The maximum absolute atomic E-state index is 5.71. The molecule has 7 nitrogen and oxygen atoms in total. The van der Waals surface area contributed by atoms with Gasteiger partial charge in [0, 0.05) is 11.8 Å². The Kier molecular flexibility index (Phi) is 3.66. The van der Waals surface area contributed by atoms with Gasteiger partial charge in [0.05, 0.1) is 6.54 Å². The Morgan fingerprint density at radius 2 is 2.00 bits per heavy atom. The van der Waals surface area contributed by atoms with Crippen molar-refractivity contribution < 1.29 is 4.74 Å². The standard InChI is InChI=1S/C17H16N6O/c1-13-3-2-8-23-17(13)20-16(21-23)14-4-6-15(7-5-14)24-10-9-22-12-18-11-19-22/h2-8,11-12H,9-10H2,1H3. The molecule has 120 valence electrons. The van der Waals surface area contributed by atoms with Crippen molar-refractivity contribution in [3.63, 3.8) is 0 Å². The number of hydrogen-bond donors (Lipinski definition) is 0. The van der Waals surface area contributed by atoms with Crippen LogP contribution in [0.25, 0.3) is 17.0 Å². The molecule has 24 heavy (non-hydrogen) atoms. The van der Waals surface area contributed by atoms with E-state index < -0.39 is 0 Å². The fraction of sp³-hybridized carbons (Fsp3) is 0.176. The van der Waals surface area contributed by atoms with E-state index in [2.05, 4.69) is 20.2 Å². The number of rotatable bonds is 5. The molecule has 0 aliphatic rings. The smallest absolute Gasteiger partial charge is 0.182 e. The number of aromatic nitrogens is 6. The first kappa shape index (κ1) is 14.4. The molecule has 0 saturated carbocycles. The summed E-state index contributed by atoms with van der Waals surface area (Å²) in [5.41, 5.74) is 2.94. The summed E-state index contributed by atoms with van der Waals surface area (Å²) in [6.07, 6.45) is 5.09. The Labute approximate surface area is 138 Å². The lowest BCUT2D eigenvalue weighted by Gasteiger charge is -2.06. The van der Waals surface area contributed by atoms with Gasteiger partial charge in [-0.05, 0) is 42.8 Å². The minimum atomic E-state index is 0.536. The highest BCUT2D eigenvalue weighted by Gasteiger charge is 2.08. The topological polar surface area (TPSA) is 70.1 Å². The number of fused-ring (bicyclic) bond motifs is 1. The Hall–Kier alpha value is -3.22. The molecule has 0 radical (unpaired) electrons. The van der Waals surface area contributed by atoms with Crippen molar-refractivity contribution in [3.05, 3.63) is 60.8 Å². The quantitative estimate of drug-likeness (QED) is 0.564. The Morgan fingerprint density at radius 1 is 1.12 bits per heavy atom. The second-order valence-electron chi connectivity index (χ2n) is 5.43. The van der Waals surface area contributed by atoms with Crippen LogP contribution in [0.15, 0.2) is 55.2 Å². The molecule has 0 fully saturated rings. The first-order valence-corrected chi connectivity index (χ1v) is 7.67. The van der Waals surface area contributed by atoms with E-state index in [0.29, 0.717) is 19.0 Å². The predicted molar refractivity (Wildman–Crippen MR) is 88.7 cm³/mol. The van der Waals surface area contributed by atoms with Crippen LogP contribution in [-0.2, 0) is 6.54 Å². The third kappa shape index (κ3) is 2.83. The Bertz CT molecular complexity index is 943. The zero-order valence-corrected chi connectivity index (χ0v) is 13.2. The number of hydrogen-bond acceptors (Lipinski definition) is 5. The summed E-state index contributed by atoms with van der Waals surface area (Å²) in [5.74, 6) is 1.51. The Morgan fingerprint density at radius 3 is 2.75 bits per heavy atom. The monoisotopic (exact) mass is 320 g/mol. The second kappa shape index (κ2) is 6.11. The van der Waals surface area contributed by atoms with Crippen molar-refractivity contribution in [1.29, 1.82) is 0 Å². The van der Waals surface area contributed by atoms with E-state index in [0.717, 1.165) is 22.5 Å². The van der Waals surface area contributed by atoms with Gasteiger partial charge in [0.1, 0.15) is 25.0 Å². The van der Waals surface area contributed by atoms with Crippen molar-refractivity contribution in [2.75, 3.05) is 6.61 Å². The van der Waals surface area contributed by atoms with Crippen LogP contribution in [-0.4, -0.2) is 36.0 Å². The minimum Gasteiger partial charge on any atom is -0.492 e. The van der Waals surface area contributed by atoms with Crippen molar-refractivity contribution in [1.82, 2.24) is 29.4 Å². The Balaban J connectivity index is 1.47. The lowest BCUT2D eigenvalue weighted by atomic mass is 10.2. The normalized spacial score (nSPS) is 11.0. The molecule has 0 unspecified atom stereocenters. The van der Waals surface area contributed by atoms with E-state index in [1.54, 1.807) is 15.5 Å². The molecule has 3 heterocycles. The number of aryl methyl sites for hydroxylation is 1. The fourth-order valence-corrected chi connectivity index (χ4v) is 2.47. The van der Waals surface area contributed by atoms with Gasteiger partial charge in [-0.2, -0.15) is 5.10 Å². The molecule has 1 aromatic carbocycles. The summed E-state index contributed by atoms with van der Waals surface area (Å²) >= 11 is 0. The summed E-state index contributed by atoms with van der Waals surface area (Å²) in [6, 6.07) is 11.8. The highest BCUT2D eigenvalue weighted by Crippen LogP contribution is 2.21. The molecule has 4 aromatic rings. The maximum Gasteiger partial charge on any atom is 0.182 e. The van der Waals surface area contributed by atoms with Gasteiger partial charge in [0.2, 0.25) is 0 Å². The summed E-state index contributed by atoms with van der Waals surface area (Å²) in [7, 11) is 0. The molecule has 0 aliphatic carbocycles. The number of ether oxygens (including phenoxy) is 1. The van der Waals surface area contributed by atoms with Gasteiger partial charge in [0.25, 0.3) is 0 Å². The highest BCUT2D eigenvalue weighted by molar-refractivity contribution is 5.60. The van der Waals surface area contributed by atoms with Crippen LogP contribution >= 0.6 is 0 Å². The molecular weight excluding hydrogens is 304 g/mol. The van der Waals surface area contributed by atoms with Gasteiger partial charge in [-0.25, -0.2) is 19.2 Å². The van der Waals surface area contributed by atoms with Crippen molar-refractivity contribution in [2.45, 2.75) is 13.5 Å². The maximum atomic E-state index is 5.71. The number of nitrogens with zero attached hydrogens (tertiary/aromatic N) is 6. The SMILES string of the molecule is Cc1cccn2nc(-c3ccc(OCCn4cncn4)cc3)nc12. The molecule has 0 N–H and O–H groups in total. The van der Waals surface area contributed by atoms with E-state index in [1.165, 1.54) is 6.33 Å². The van der Waals surface area contributed by atoms with Crippen molar-refractivity contribution >= 4 is 5.65 Å². The van der Waals surface area contributed by atoms with E-state index >= 15 is 0 Å². The van der Waals surface area contributed by atoms with Crippen LogP contribution in [0.1, 0.15) is 5.56 Å². The van der Waals surface area contributed by atoms with E-state index in [-0.39, 0.29) is 0 Å². The lowest BCUT2D eigenvalue weighted by molar-refractivity contribution is 0.291. The van der Waals surface area contributed by atoms with Gasteiger partial charge in [0.15, 0.2) is 11.5 Å². The summed E-state index contributed by atoms with van der Waals surface area (Å²) in [5, 5.41) is 8.55. The van der Waals surface area contributed by atoms with Crippen LogP contribution < -0.4 is 4.74 Å². The lowest BCUT2D eigenvalue weighted by Crippen LogP contribution is -2.08. The zero-order chi connectivity index (χ0) is 16.4. The highest BCUT2D eigenvalue weighted by atomic mass is 16.5. The molecule has 0 spiro atoms. The first-order valence-electron chi connectivity index (χ1n) is 7.67. The fourth-order valence-electron chi connectivity index (χ4n) is 2.47. The van der Waals surface area contributed by atoms with Gasteiger partial charge < -0.3 is 4.74 Å². The van der Waals surface area contributed by atoms with Crippen molar-refractivity contribution in [2.24, 2.45) is 0 Å². The predicted octanol–water partition coefficient (Wildman–Crippen LogP) is 2.38. The molecule has 0 aliphatic heterocycles.